The average molecular weight is 250 g/mol. The first kappa shape index (κ1) is 13.9. The van der Waals surface area contributed by atoms with Crippen LogP contribution >= 0.6 is 0 Å². The summed E-state index contributed by atoms with van der Waals surface area (Å²) in [6, 6.07) is 0. The summed E-state index contributed by atoms with van der Waals surface area (Å²) in [5.41, 5.74) is 0. The Kier molecular flexibility index (Phi) is 5.68. The third-order valence-electron chi connectivity index (χ3n) is 2.95. The molecular weight excluding hydrogens is 228 g/mol. The van der Waals surface area contributed by atoms with Gasteiger partial charge in [0.05, 0.1) is 6.10 Å². The summed E-state index contributed by atoms with van der Waals surface area (Å²) in [6.45, 7) is 2.69. The highest BCUT2D eigenvalue weighted by Gasteiger charge is 2.24. The molecule has 2 unspecified atom stereocenters. The van der Waals surface area contributed by atoms with Crippen LogP contribution in [0, 0.1) is 5.92 Å². The second-order valence-corrected chi connectivity index (χ2v) is 5.94. The van der Waals surface area contributed by atoms with Crippen LogP contribution in [0.4, 0.5) is 0 Å². The molecule has 6 heteroatoms. The topological polar surface area (TPSA) is 78.4 Å². The van der Waals surface area contributed by atoms with Crippen LogP contribution in [-0.4, -0.2) is 32.7 Å². The van der Waals surface area contributed by atoms with Gasteiger partial charge in [0.2, 0.25) is 0 Å². The fourth-order valence-electron chi connectivity index (χ4n) is 1.93. The first-order chi connectivity index (χ1) is 7.55. The Morgan fingerprint density at radius 3 is 2.56 bits per heavy atom. The quantitative estimate of drug-likeness (QED) is 0.637. The highest BCUT2D eigenvalue weighted by Crippen LogP contribution is 2.23. The third kappa shape index (κ3) is 4.78. The Morgan fingerprint density at radius 1 is 1.25 bits per heavy atom. The van der Waals surface area contributed by atoms with Gasteiger partial charge in [-0.2, -0.15) is 8.42 Å². The number of nitrogens with one attached hydrogen (secondary N) is 2. The van der Waals surface area contributed by atoms with E-state index in [4.69, 9.17) is 0 Å². The lowest BCUT2D eigenvalue weighted by molar-refractivity contribution is 0.0724. The van der Waals surface area contributed by atoms with E-state index in [2.05, 4.69) is 9.44 Å². The van der Waals surface area contributed by atoms with Gasteiger partial charge in [0, 0.05) is 13.1 Å². The molecule has 0 aliphatic heterocycles. The zero-order chi connectivity index (χ0) is 12.0. The largest absolute Gasteiger partial charge is 0.393 e. The molecule has 1 rings (SSSR count). The molecule has 1 aliphatic carbocycles. The van der Waals surface area contributed by atoms with Crippen LogP contribution in [0.5, 0.6) is 0 Å². The maximum Gasteiger partial charge on any atom is 0.276 e. The highest BCUT2D eigenvalue weighted by atomic mass is 32.2. The molecule has 0 spiro atoms. The van der Waals surface area contributed by atoms with Crippen LogP contribution in [0.2, 0.25) is 0 Å². The van der Waals surface area contributed by atoms with Gasteiger partial charge >= 0.3 is 0 Å². The Morgan fingerprint density at radius 2 is 1.94 bits per heavy atom. The minimum Gasteiger partial charge on any atom is -0.393 e. The van der Waals surface area contributed by atoms with E-state index in [0.717, 1.165) is 32.1 Å². The summed E-state index contributed by atoms with van der Waals surface area (Å²) in [4.78, 5) is 0. The standard InChI is InChI=1S/C10H22N2O3S/c1-2-7-11-16(14,15)12-8-9-5-3-4-6-10(9)13/h9-13H,2-8H2,1H3. The van der Waals surface area contributed by atoms with Gasteiger partial charge in [0.1, 0.15) is 0 Å². The number of aliphatic hydroxyl groups is 1. The van der Waals surface area contributed by atoms with Crippen LogP contribution in [0.3, 0.4) is 0 Å². The van der Waals surface area contributed by atoms with Crippen LogP contribution in [-0.2, 0) is 10.2 Å². The molecule has 1 aliphatic rings. The van der Waals surface area contributed by atoms with Crippen LogP contribution < -0.4 is 9.44 Å². The lowest BCUT2D eigenvalue weighted by Gasteiger charge is -2.27. The predicted octanol–water partition coefficient (Wildman–Crippen LogP) is 0.371. The molecule has 0 radical (unpaired) electrons. The molecular formula is C10H22N2O3S. The molecule has 0 heterocycles. The minimum atomic E-state index is -3.38. The van der Waals surface area contributed by atoms with Crippen LogP contribution in [0.15, 0.2) is 0 Å². The maximum absolute atomic E-state index is 11.4. The first-order valence-electron chi connectivity index (χ1n) is 5.97. The van der Waals surface area contributed by atoms with Crippen molar-refractivity contribution in [3.05, 3.63) is 0 Å². The lowest BCUT2D eigenvalue weighted by Crippen LogP contribution is -2.42. The van der Waals surface area contributed by atoms with Crippen molar-refractivity contribution in [3.63, 3.8) is 0 Å². The molecule has 5 nitrogen and oxygen atoms in total. The third-order valence-corrected chi connectivity index (χ3v) is 4.08. The molecule has 1 saturated carbocycles. The summed E-state index contributed by atoms with van der Waals surface area (Å²) in [7, 11) is -3.38. The summed E-state index contributed by atoms with van der Waals surface area (Å²) in [5, 5.41) is 9.69. The van der Waals surface area contributed by atoms with Crippen molar-refractivity contribution < 1.29 is 13.5 Å². The Hall–Kier alpha value is -0.170. The van der Waals surface area contributed by atoms with Crippen molar-refractivity contribution in [1.82, 2.24) is 9.44 Å². The van der Waals surface area contributed by atoms with Gasteiger partial charge in [-0.1, -0.05) is 19.8 Å². The molecule has 2 atom stereocenters. The van der Waals surface area contributed by atoms with E-state index in [1.54, 1.807) is 0 Å². The highest BCUT2D eigenvalue weighted by molar-refractivity contribution is 7.87. The van der Waals surface area contributed by atoms with E-state index >= 15 is 0 Å². The monoisotopic (exact) mass is 250 g/mol. The number of hydrogen-bond acceptors (Lipinski definition) is 3. The summed E-state index contributed by atoms with van der Waals surface area (Å²) in [6.07, 6.45) is 4.21. The first-order valence-corrected chi connectivity index (χ1v) is 7.46. The predicted molar refractivity (Wildman–Crippen MR) is 63.2 cm³/mol. The minimum absolute atomic E-state index is 0.0620. The van der Waals surface area contributed by atoms with Gasteiger partial charge in [-0.15, -0.1) is 0 Å². The van der Waals surface area contributed by atoms with Crippen molar-refractivity contribution in [3.8, 4) is 0 Å². The SMILES string of the molecule is CCCNS(=O)(=O)NCC1CCCCC1O. The molecule has 0 aromatic heterocycles. The maximum atomic E-state index is 11.4. The van der Waals surface area contributed by atoms with E-state index < -0.39 is 10.2 Å². The van der Waals surface area contributed by atoms with E-state index in [1.807, 2.05) is 6.92 Å². The Labute approximate surface area is 97.8 Å². The molecule has 0 amide bonds. The van der Waals surface area contributed by atoms with Crippen molar-refractivity contribution in [2.75, 3.05) is 13.1 Å². The lowest BCUT2D eigenvalue weighted by atomic mass is 9.87. The van der Waals surface area contributed by atoms with Gasteiger partial charge < -0.3 is 5.11 Å². The second-order valence-electron chi connectivity index (χ2n) is 4.36. The zero-order valence-corrected chi connectivity index (χ0v) is 10.6. The van der Waals surface area contributed by atoms with Gasteiger partial charge in [-0.3, -0.25) is 0 Å². The Balaban J connectivity index is 2.32. The molecule has 0 aromatic carbocycles. The molecule has 16 heavy (non-hydrogen) atoms. The van der Waals surface area contributed by atoms with Crippen molar-refractivity contribution >= 4 is 10.2 Å². The fraction of sp³-hybridized carbons (Fsp3) is 1.00. The molecule has 1 fully saturated rings. The number of hydrogen-bond donors (Lipinski definition) is 3. The smallest absolute Gasteiger partial charge is 0.276 e. The van der Waals surface area contributed by atoms with Crippen molar-refractivity contribution in [1.29, 1.82) is 0 Å². The second kappa shape index (κ2) is 6.54. The zero-order valence-electron chi connectivity index (χ0n) is 9.78. The number of rotatable bonds is 6. The van der Waals surface area contributed by atoms with Gasteiger partial charge in [0.25, 0.3) is 10.2 Å². The van der Waals surface area contributed by atoms with E-state index in [-0.39, 0.29) is 12.0 Å². The van der Waals surface area contributed by atoms with Gasteiger partial charge in [-0.05, 0) is 25.2 Å². The normalized spacial score (nSPS) is 26.9. The Bertz CT molecular complexity index is 292. The van der Waals surface area contributed by atoms with Crippen molar-refractivity contribution in [2.24, 2.45) is 5.92 Å². The average Bonchev–Trinajstić information content (AvgIpc) is 2.26. The molecule has 0 saturated heterocycles. The molecule has 0 bridgehead atoms. The molecule has 3 N–H and O–H groups in total. The van der Waals surface area contributed by atoms with E-state index in [1.165, 1.54) is 0 Å². The molecule has 96 valence electrons. The molecule has 0 aromatic rings. The number of aliphatic hydroxyl groups excluding tert-OH is 1. The van der Waals surface area contributed by atoms with Gasteiger partial charge in [0.15, 0.2) is 0 Å². The summed E-state index contributed by atoms with van der Waals surface area (Å²) in [5.74, 6) is 0.0620. The van der Waals surface area contributed by atoms with Crippen LogP contribution in [0.25, 0.3) is 0 Å². The van der Waals surface area contributed by atoms with Gasteiger partial charge in [-0.25, -0.2) is 9.44 Å². The van der Waals surface area contributed by atoms with E-state index in [9.17, 15) is 13.5 Å². The van der Waals surface area contributed by atoms with E-state index in [0.29, 0.717) is 13.1 Å². The summed E-state index contributed by atoms with van der Waals surface area (Å²) >= 11 is 0. The van der Waals surface area contributed by atoms with Crippen molar-refractivity contribution in [2.45, 2.75) is 45.1 Å². The fourth-order valence-corrected chi connectivity index (χ4v) is 2.94. The summed E-state index contributed by atoms with van der Waals surface area (Å²) < 4.78 is 27.8. The van der Waals surface area contributed by atoms with Crippen LogP contribution in [0.1, 0.15) is 39.0 Å².